The molecule has 1 saturated carbocycles. The Bertz CT molecular complexity index is 712. The van der Waals surface area contributed by atoms with Gasteiger partial charge in [-0.2, -0.15) is 0 Å². The van der Waals surface area contributed by atoms with Gasteiger partial charge in [0, 0.05) is 16.1 Å². The van der Waals surface area contributed by atoms with Crippen LogP contribution < -0.4 is 10.1 Å². The van der Waals surface area contributed by atoms with Gasteiger partial charge in [0.25, 0.3) is 5.91 Å². The molecule has 1 N–H and O–H groups in total. The number of imide groups is 1. The molecule has 1 heterocycles. The van der Waals surface area contributed by atoms with Crippen molar-refractivity contribution in [2.75, 3.05) is 7.11 Å². The van der Waals surface area contributed by atoms with Gasteiger partial charge in [0.1, 0.15) is 11.4 Å². The lowest BCUT2D eigenvalue weighted by Gasteiger charge is -2.28. The van der Waals surface area contributed by atoms with Crippen LogP contribution in [-0.2, 0) is 4.79 Å². The second-order valence-corrected chi connectivity index (χ2v) is 7.74. The van der Waals surface area contributed by atoms with Crippen LogP contribution in [0.5, 0.6) is 5.75 Å². The average molecular weight is 458 g/mol. The van der Waals surface area contributed by atoms with Gasteiger partial charge < -0.3 is 10.1 Å². The predicted molar refractivity (Wildman–Crippen MR) is 98.6 cm³/mol. The van der Waals surface area contributed by atoms with E-state index in [-0.39, 0.29) is 23.7 Å². The van der Waals surface area contributed by atoms with Crippen LogP contribution >= 0.6 is 31.9 Å². The van der Waals surface area contributed by atoms with Crippen LogP contribution in [0.2, 0.25) is 0 Å². The van der Waals surface area contributed by atoms with Crippen molar-refractivity contribution in [3.8, 4) is 5.75 Å². The SMILES string of the molecule is COc1c(Br)cc(Br)cc1/C=C1\NC(=O)N(C2CCCCC2)C1=O. The first kappa shape index (κ1) is 17.5. The summed E-state index contributed by atoms with van der Waals surface area (Å²) in [6, 6.07) is 3.39. The Morgan fingerprint density at radius 1 is 1.21 bits per heavy atom. The number of urea groups is 1. The van der Waals surface area contributed by atoms with Gasteiger partial charge in [-0.25, -0.2) is 4.79 Å². The largest absolute Gasteiger partial charge is 0.495 e. The quantitative estimate of drug-likeness (QED) is 0.538. The van der Waals surface area contributed by atoms with Crippen molar-refractivity contribution >= 4 is 49.9 Å². The van der Waals surface area contributed by atoms with Gasteiger partial charge in [-0.3, -0.25) is 9.69 Å². The molecule has 1 aromatic carbocycles. The maximum atomic E-state index is 12.7. The summed E-state index contributed by atoms with van der Waals surface area (Å²) in [6.45, 7) is 0. The number of methoxy groups -OCH3 is 1. The van der Waals surface area contributed by atoms with E-state index < -0.39 is 0 Å². The second kappa shape index (κ2) is 7.27. The molecule has 0 atom stereocenters. The molecule has 1 aliphatic carbocycles. The highest BCUT2D eigenvalue weighted by Gasteiger charge is 2.39. The highest BCUT2D eigenvalue weighted by Crippen LogP contribution is 2.35. The first-order chi connectivity index (χ1) is 11.5. The molecule has 5 nitrogen and oxygen atoms in total. The van der Waals surface area contributed by atoms with Crippen molar-refractivity contribution in [1.29, 1.82) is 0 Å². The first-order valence-electron chi connectivity index (χ1n) is 7.90. The molecule has 24 heavy (non-hydrogen) atoms. The molecule has 3 rings (SSSR count). The maximum absolute atomic E-state index is 12.7. The van der Waals surface area contributed by atoms with E-state index in [0.29, 0.717) is 11.3 Å². The molecule has 1 aromatic rings. The number of benzene rings is 1. The molecule has 1 aliphatic heterocycles. The van der Waals surface area contributed by atoms with Crippen molar-refractivity contribution in [2.45, 2.75) is 38.1 Å². The molecule has 0 aromatic heterocycles. The third kappa shape index (κ3) is 3.37. The molecule has 2 fully saturated rings. The third-order valence-corrected chi connectivity index (χ3v) is 5.44. The minimum absolute atomic E-state index is 0.00768. The molecule has 1 saturated heterocycles. The Kier molecular flexibility index (Phi) is 5.30. The first-order valence-corrected chi connectivity index (χ1v) is 9.49. The van der Waals surface area contributed by atoms with Gasteiger partial charge >= 0.3 is 6.03 Å². The van der Waals surface area contributed by atoms with Crippen LogP contribution in [-0.4, -0.2) is 30.0 Å². The zero-order chi connectivity index (χ0) is 17.3. The number of nitrogens with one attached hydrogen (secondary N) is 1. The molecule has 0 bridgehead atoms. The minimum atomic E-state index is -0.328. The standard InChI is InChI=1S/C17H18Br2N2O3/c1-24-15-10(7-11(18)9-13(15)19)8-14-16(22)21(17(23)20-14)12-5-3-2-4-6-12/h7-9,12H,2-6H2,1H3,(H,20,23)/b14-8-. The van der Waals surface area contributed by atoms with Gasteiger partial charge in [-0.1, -0.05) is 35.2 Å². The number of hydrogen-bond donors (Lipinski definition) is 1. The van der Waals surface area contributed by atoms with Gasteiger partial charge in [0.15, 0.2) is 0 Å². The number of ether oxygens (including phenoxy) is 1. The number of nitrogens with zero attached hydrogens (tertiary/aromatic N) is 1. The molecule has 7 heteroatoms. The van der Waals surface area contributed by atoms with Crippen molar-refractivity contribution in [3.63, 3.8) is 0 Å². The Hall–Kier alpha value is -1.34. The number of carbonyl (C=O) groups is 2. The van der Waals surface area contributed by atoms with E-state index in [2.05, 4.69) is 37.2 Å². The fourth-order valence-electron chi connectivity index (χ4n) is 3.28. The fraction of sp³-hybridized carbons (Fsp3) is 0.412. The maximum Gasteiger partial charge on any atom is 0.329 e. The number of rotatable bonds is 3. The molecule has 3 amide bonds. The molecule has 0 spiro atoms. The minimum Gasteiger partial charge on any atom is -0.495 e. The summed E-state index contributed by atoms with van der Waals surface area (Å²) < 4.78 is 7.02. The topological polar surface area (TPSA) is 58.6 Å². The summed E-state index contributed by atoms with van der Waals surface area (Å²) in [5.74, 6) is 0.355. The van der Waals surface area contributed by atoms with Crippen LogP contribution in [0.1, 0.15) is 37.7 Å². The van der Waals surface area contributed by atoms with Gasteiger partial charge in [0.2, 0.25) is 0 Å². The van der Waals surface area contributed by atoms with Gasteiger partial charge in [-0.05, 0) is 47.0 Å². The smallest absolute Gasteiger partial charge is 0.329 e. The van der Waals surface area contributed by atoms with E-state index in [4.69, 9.17) is 4.74 Å². The van der Waals surface area contributed by atoms with E-state index in [0.717, 1.165) is 34.6 Å². The molecular formula is C17H18Br2N2O3. The van der Waals surface area contributed by atoms with E-state index in [1.807, 2.05) is 12.1 Å². The summed E-state index contributed by atoms with van der Waals surface area (Å²) in [5, 5.41) is 2.70. The highest BCUT2D eigenvalue weighted by molar-refractivity contribution is 9.11. The van der Waals surface area contributed by atoms with Crippen LogP contribution in [0.25, 0.3) is 6.08 Å². The average Bonchev–Trinajstić information content (AvgIpc) is 2.82. The lowest BCUT2D eigenvalue weighted by molar-refractivity contribution is -0.124. The van der Waals surface area contributed by atoms with Gasteiger partial charge in [0.05, 0.1) is 11.6 Å². The second-order valence-electron chi connectivity index (χ2n) is 5.97. The zero-order valence-electron chi connectivity index (χ0n) is 13.3. The summed E-state index contributed by atoms with van der Waals surface area (Å²) in [5.41, 5.74) is 1.00. The fourth-order valence-corrected chi connectivity index (χ4v) is 4.70. The van der Waals surface area contributed by atoms with Crippen LogP contribution in [0.4, 0.5) is 4.79 Å². The van der Waals surface area contributed by atoms with Crippen molar-refractivity contribution < 1.29 is 14.3 Å². The summed E-state index contributed by atoms with van der Waals surface area (Å²) in [7, 11) is 1.57. The van der Waals surface area contributed by atoms with Crippen LogP contribution in [0.3, 0.4) is 0 Å². The zero-order valence-corrected chi connectivity index (χ0v) is 16.4. The Labute approximate surface area is 157 Å². The van der Waals surface area contributed by atoms with Crippen molar-refractivity contribution in [1.82, 2.24) is 10.2 Å². The number of amides is 3. The number of carbonyl (C=O) groups excluding carboxylic acids is 2. The van der Waals surface area contributed by atoms with E-state index >= 15 is 0 Å². The lowest BCUT2D eigenvalue weighted by Crippen LogP contribution is -2.41. The third-order valence-electron chi connectivity index (χ3n) is 4.39. The molecular weight excluding hydrogens is 440 g/mol. The van der Waals surface area contributed by atoms with Crippen molar-refractivity contribution in [3.05, 3.63) is 32.3 Å². The van der Waals surface area contributed by atoms with E-state index in [1.165, 1.54) is 11.3 Å². The molecule has 2 aliphatic rings. The highest BCUT2D eigenvalue weighted by atomic mass is 79.9. The van der Waals surface area contributed by atoms with Crippen LogP contribution in [0.15, 0.2) is 26.8 Å². The molecule has 0 unspecified atom stereocenters. The van der Waals surface area contributed by atoms with Crippen molar-refractivity contribution in [2.24, 2.45) is 0 Å². The molecule has 0 radical (unpaired) electrons. The molecule has 128 valence electrons. The predicted octanol–water partition coefficient (Wildman–Crippen LogP) is 4.45. The van der Waals surface area contributed by atoms with Crippen LogP contribution in [0, 0.1) is 0 Å². The monoisotopic (exact) mass is 456 g/mol. The summed E-state index contributed by atoms with van der Waals surface area (Å²) in [6.07, 6.45) is 6.74. The summed E-state index contributed by atoms with van der Waals surface area (Å²) in [4.78, 5) is 26.4. The Morgan fingerprint density at radius 2 is 1.92 bits per heavy atom. The Morgan fingerprint density at radius 3 is 2.58 bits per heavy atom. The van der Waals surface area contributed by atoms with Gasteiger partial charge in [-0.15, -0.1) is 0 Å². The van der Waals surface area contributed by atoms with E-state index in [9.17, 15) is 9.59 Å². The summed E-state index contributed by atoms with van der Waals surface area (Å²) >= 11 is 6.87. The normalized spacial score (nSPS) is 20.6. The number of hydrogen-bond acceptors (Lipinski definition) is 3. The Balaban J connectivity index is 1.92. The number of halogens is 2. The van der Waals surface area contributed by atoms with E-state index in [1.54, 1.807) is 13.2 Å². The lowest BCUT2D eigenvalue weighted by atomic mass is 9.94.